The smallest absolute Gasteiger partial charge is 0.341 e. The van der Waals surface area contributed by atoms with Gasteiger partial charge in [-0.1, -0.05) is 13.3 Å². The molecular formula is C19H25NO3S. The van der Waals surface area contributed by atoms with Gasteiger partial charge in [-0.25, -0.2) is 4.79 Å². The van der Waals surface area contributed by atoms with Gasteiger partial charge in [-0.05, 0) is 61.8 Å². The van der Waals surface area contributed by atoms with Crippen molar-refractivity contribution < 1.29 is 14.3 Å². The topological polar surface area (TPSA) is 55.4 Å². The second-order valence-corrected chi connectivity index (χ2v) is 8.92. The van der Waals surface area contributed by atoms with Crippen LogP contribution in [0.5, 0.6) is 0 Å². The Bertz CT molecular complexity index is 680. The molecule has 130 valence electrons. The maximum Gasteiger partial charge on any atom is 0.341 e. The van der Waals surface area contributed by atoms with Crippen molar-refractivity contribution in [3.63, 3.8) is 0 Å². The van der Waals surface area contributed by atoms with Crippen molar-refractivity contribution in [1.29, 1.82) is 0 Å². The van der Waals surface area contributed by atoms with Crippen LogP contribution in [0.4, 0.5) is 5.00 Å². The summed E-state index contributed by atoms with van der Waals surface area (Å²) in [5.74, 6) is 1.85. The fourth-order valence-electron chi connectivity index (χ4n) is 4.93. The lowest BCUT2D eigenvalue weighted by molar-refractivity contribution is -0.121. The molecule has 3 aliphatic rings. The lowest BCUT2D eigenvalue weighted by Gasteiger charge is -2.20. The number of ether oxygens (including phenoxy) is 1. The van der Waals surface area contributed by atoms with E-state index in [0.717, 1.165) is 37.2 Å². The number of thiophene rings is 1. The molecule has 1 aromatic heterocycles. The van der Waals surface area contributed by atoms with Gasteiger partial charge in [-0.2, -0.15) is 0 Å². The molecule has 0 spiro atoms. The van der Waals surface area contributed by atoms with Gasteiger partial charge in [-0.15, -0.1) is 11.3 Å². The van der Waals surface area contributed by atoms with Crippen molar-refractivity contribution in [3.8, 4) is 0 Å². The molecular weight excluding hydrogens is 322 g/mol. The largest absolute Gasteiger partial charge is 0.465 e. The summed E-state index contributed by atoms with van der Waals surface area (Å²) < 4.78 is 5.00. The lowest BCUT2D eigenvalue weighted by atomic mass is 9.87. The molecule has 2 fully saturated rings. The number of nitrogens with one attached hydrogen (secondary N) is 1. The second kappa shape index (κ2) is 6.17. The average Bonchev–Trinajstić information content (AvgIpc) is 3.27. The molecule has 1 heterocycles. The maximum atomic E-state index is 12.8. The van der Waals surface area contributed by atoms with Gasteiger partial charge in [0.1, 0.15) is 5.00 Å². The summed E-state index contributed by atoms with van der Waals surface area (Å²) in [5.41, 5.74) is 1.72. The Labute approximate surface area is 147 Å². The number of fused-ring (bicyclic) bond motifs is 3. The molecule has 5 heteroatoms. The average molecular weight is 347 g/mol. The number of carbonyl (C=O) groups excluding carboxylic acids is 2. The summed E-state index contributed by atoms with van der Waals surface area (Å²) in [6, 6.07) is 0. The number of hydrogen-bond donors (Lipinski definition) is 1. The van der Waals surface area contributed by atoms with E-state index < -0.39 is 0 Å². The Morgan fingerprint density at radius 2 is 2.04 bits per heavy atom. The van der Waals surface area contributed by atoms with Crippen LogP contribution in [0, 0.1) is 23.7 Å². The van der Waals surface area contributed by atoms with Crippen LogP contribution in [-0.2, 0) is 22.4 Å². The van der Waals surface area contributed by atoms with E-state index in [2.05, 4.69) is 12.2 Å². The van der Waals surface area contributed by atoms with Crippen LogP contribution in [0.2, 0.25) is 0 Å². The Balaban J connectivity index is 1.60. The van der Waals surface area contributed by atoms with Crippen LogP contribution in [0.15, 0.2) is 0 Å². The van der Waals surface area contributed by atoms with Crippen LogP contribution in [0.1, 0.15) is 59.8 Å². The molecule has 2 bridgehead atoms. The highest BCUT2D eigenvalue weighted by Gasteiger charge is 2.43. The summed E-state index contributed by atoms with van der Waals surface area (Å²) in [7, 11) is 1.42. The third kappa shape index (κ3) is 2.67. The van der Waals surface area contributed by atoms with Crippen molar-refractivity contribution >= 4 is 28.2 Å². The first-order valence-electron chi connectivity index (χ1n) is 9.10. The van der Waals surface area contributed by atoms with E-state index in [-0.39, 0.29) is 17.8 Å². The van der Waals surface area contributed by atoms with Gasteiger partial charge in [0.2, 0.25) is 5.91 Å². The monoisotopic (exact) mass is 347 g/mol. The summed E-state index contributed by atoms with van der Waals surface area (Å²) >= 11 is 1.58. The van der Waals surface area contributed by atoms with E-state index in [4.69, 9.17) is 4.74 Å². The fourth-order valence-corrected chi connectivity index (χ4v) is 6.33. The predicted molar refractivity (Wildman–Crippen MR) is 94.4 cm³/mol. The fraction of sp³-hybridized carbons (Fsp3) is 0.684. The van der Waals surface area contributed by atoms with E-state index in [1.807, 2.05) is 0 Å². The Kier molecular flexibility index (Phi) is 4.15. The Hall–Kier alpha value is -1.36. The Morgan fingerprint density at radius 1 is 1.21 bits per heavy atom. The molecule has 0 saturated heterocycles. The molecule has 1 N–H and O–H groups in total. The van der Waals surface area contributed by atoms with Gasteiger partial charge in [0.25, 0.3) is 0 Å². The molecule has 4 unspecified atom stereocenters. The van der Waals surface area contributed by atoms with Gasteiger partial charge >= 0.3 is 5.97 Å². The number of methoxy groups -OCH3 is 1. The molecule has 2 saturated carbocycles. The zero-order valence-corrected chi connectivity index (χ0v) is 15.2. The van der Waals surface area contributed by atoms with Crippen LogP contribution in [-0.4, -0.2) is 19.0 Å². The highest BCUT2D eigenvalue weighted by Crippen LogP contribution is 2.49. The van der Waals surface area contributed by atoms with E-state index in [1.165, 1.54) is 31.2 Å². The molecule has 4 atom stereocenters. The molecule has 4 nitrogen and oxygen atoms in total. The molecule has 0 aromatic carbocycles. The minimum atomic E-state index is -0.315. The number of esters is 1. The lowest BCUT2D eigenvalue weighted by Crippen LogP contribution is -2.27. The number of carbonyl (C=O) groups is 2. The van der Waals surface area contributed by atoms with Gasteiger partial charge < -0.3 is 10.1 Å². The second-order valence-electron chi connectivity index (χ2n) is 7.82. The van der Waals surface area contributed by atoms with Gasteiger partial charge in [0.15, 0.2) is 0 Å². The summed E-state index contributed by atoms with van der Waals surface area (Å²) in [4.78, 5) is 26.3. The maximum absolute atomic E-state index is 12.8. The SMILES string of the molecule is COC(=O)c1c(NC(=O)C2CC3CCC2C3)sc2c1CCC(C)C2. The summed E-state index contributed by atoms with van der Waals surface area (Å²) in [5, 5.41) is 3.82. The first-order chi connectivity index (χ1) is 11.6. The van der Waals surface area contributed by atoms with Crippen LogP contribution >= 0.6 is 11.3 Å². The summed E-state index contributed by atoms with van der Waals surface area (Å²) in [6.45, 7) is 2.24. The minimum Gasteiger partial charge on any atom is -0.465 e. The highest BCUT2D eigenvalue weighted by atomic mass is 32.1. The van der Waals surface area contributed by atoms with Crippen LogP contribution in [0.25, 0.3) is 0 Å². The molecule has 1 aromatic rings. The van der Waals surface area contributed by atoms with Gasteiger partial charge in [0, 0.05) is 10.8 Å². The van der Waals surface area contributed by atoms with Crippen LogP contribution < -0.4 is 5.32 Å². The number of hydrogen-bond acceptors (Lipinski definition) is 4. The number of rotatable bonds is 3. The highest BCUT2D eigenvalue weighted by molar-refractivity contribution is 7.17. The zero-order chi connectivity index (χ0) is 16.8. The van der Waals surface area contributed by atoms with E-state index in [1.54, 1.807) is 11.3 Å². The molecule has 0 radical (unpaired) electrons. The minimum absolute atomic E-state index is 0.110. The van der Waals surface area contributed by atoms with Gasteiger partial charge in [-0.3, -0.25) is 4.79 Å². The molecule has 24 heavy (non-hydrogen) atoms. The van der Waals surface area contributed by atoms with Crippen molar-refractivity contribution in [2.24, 2.45) is 23.7 Å². The third-order valence-electron chi connectivity index (χ3n) is 6.21. The summed E-state index contributed by atoms with van der Waals surface area (Å²) in [6.07, 6.45) is 7.69. The Morgan fingerprint density at radius 3 is 2.71 bits per heavy atom. The number of anilines is 1. The first-order valence-corrected chi connectivity index (χ1v) is 9.92. The van der Waals surface area contributed by atoms with Crippen molar-refractivity contribution in [1.82, 2.24) is 0 Å². The zero-order valence-electron chi connectivity index (χ0n) is 14.4. The van der Waals surface area contributed by atoms with E-state index in [0.29, 0.717) is 22.4 Å². The number of amides is 1. The van der Waals surface area contributed by atoms with Crippen molar-refractivity contribution in [3.05, 3.63) is 16.0 Å². The van der Waals surface area contributed by atoms with E-state index in [9.17, 15) is 9.59 Å². The first kappa shape index (κ1) is 16.1. The van der Waals surface area contributed by atoms with Crippen molar-refractivity contribution in [2.45, 2.75) is 51.9 Å². The normalized spacial score (nSPS) is 30.9. The molecule has 1 amide bonds. The van der Waals surface area contributed by atoms with Crippen LogP contribution in [0.3, 0.4) is 0 Å². The molecule has 0 aliphatic heterocycles. The molecule has 3 aliphatic carbocycles. The van der Waals surface area contributed by atoms with E-state index >= 15 is 0 Å². The molecule has 4 rings (SSSR count). The standard InChI is InChI=1S/C19H25NO3S/c1-10-3-6-13-15(7-10)24-18(16(13)19(22)23-2)20-17(21)14-9-11-4-5-12(14)8-11/h10-12,14H,3-9H2,1-2H3,(H,20,21). The predicted octanol–water partition coefficient (Wildman–Crippen LogP) is 4.03. The van der Waals surface area contributed by atoms with Crippen molar-refractivity contribution in [2.75, 3.05) is 12.4 Å². The van der Waals surface area contributed by atoms with Gasteiger partial charge in [0.05, 0.1) is 12.7 Å². The quantitative estimate of drug-likeness (QED) is 0.840. The third-order valence-corrected chi connectivity index (χ3v) is 7.38.